The zero-order valence-corrected chi connectivity index (χ0v) is 10.6. The summed E-state index contributed by atoms with van der Waals surface area (Å²) < 4.78 is 0. The highest BCUT2D eigenvalue weighted by Crippen LogP contribution is 2.14. The Morgan fingerprint density at radius 2 is 2.12 bits per heavy atom. The van der Waals surface area contributed by atoms with Gasteiger partial charge in [-0.25, -0.2) is 0 Å². The Bertz CT molecular complexity index is 345. The Morgan fingerprint density at radius 3 is 2.69 bits per heavy atom. The molecular formula is C11H16Cl2N2O. The minimum absolute atomic E-state index is 0. The van der Waals surface area contributed by atoms with Gasteiger partial charge < -0.3 is 11.1 Å². The topological polar surface area (TPSA) is 55.1 Å². The van der Waals surface area contributed by atoms with E-state index >= 15 is 0 Å². The Labute approximate surface area is 107 Å². The van der Waals surface area contributed by atoms with E-state index in [0.717, 1.165) is 0 Å². The normalized spacial score (nSPS) is 11.4. The molecule has 1 unspecified atom stereocenters. The maximum Gasteiger partial charge on any atom is 0.252 e. The van der Waals surface area contributed by atoms with Gasteiger partial charge in [0.25, 0.3) is 5.91 Å². The van der Waals surface area contributed by atoms with Crippen molar-refractivity contribution >= 4 is 29.9 Å². The second-order valence-corrected chi connectivity index (χ2v) is 3.94. The van der Waals surface area contributed by atoms with E-state index in [1.807, 2.05) is 6.92 Å². The molecule has 0 aliphatic carbocycles. The number of hydrogen-bond acceptors (Lipinski definition) is 2. The summed E-state index contributed by atoms with van der Waals surface area (Å²) in [4.78, 5) is 11.6. The second kappa shape index (κ2) is 7.49. The van der Waals surface area contributed by atoms with Crippen LogP contribution in [0.2, 0.25) is 5.02 Å². The Kier molecular flexibility index (Phi) is 7.13. The van der Waals surface area contributed by atoms with Gasteiger partial charge in [-0.15, -0.1) is 12.4 Å². The molecule has 0 fully saturated rings. The van der Waals surface area contributed by atoms with Crippen molar-refractivity contribution in [3.63, 3.8) is 0 Å². The van der Waals surface area contributed by atoms with E-state index in [0.29, 0.717) is 23.7 Å². The first-order chi connectivity index (χ1) is 7.15. The van der Waals surface area contributed by atoms with Crippen LogP contribution in [0.1, 0.15) is 17.3 Å². The first-order valence-corrected chi connectivity index (χ1v) is 5.25. The van der Waals surface area contributed by atoms with Gasteiger partial charge >= 0.3 is 0 Å². The molecular weight excluding hydrogens is 247 g/mol. The number of nitrogens with two attached hydrogens (primary N) is 1. The molecule has 3 N–H and O–H groups in total. The van der Waals surface area contributed by atoms with Crippen LogP contribution in [0.4, 0.5) is 0 Å². The molecule has 16 heavy (non-hydrogen) atoms. The van der Waals surface area contributed by atoms with Gasteiger partial charge in [0.1, 0.15) is 0 Å². The predicted octanol–water partition coefficient (Wildman–Crippen LogP) is 2.09. The van der Waals surface area contributed by atoms with Crippen LogP contribution in [-0.2, 0) is 0 Å². The number of carbonyl (C=O) groups is 1. The molecule has 0 aliphatic rings. The van der Waals surface area contributed by atoms with E-state index in [1.165, 1.54) is 0 Å². The molecule has 1 atom stereocenters. The summed E-state index contributed by atoms with van der Waals surface area (Å²) in [6.45, 7) is 3.11. The van der Waals surface area contributed by atoms with E-state index < -0.39 is 0 Å². The maximum atomic E-state index is 11.6. The summed E-state index contributed by atoms with van der Waals surface area (Å²) >= 11 is 5.88. The third kappa shape index (κ3) is 4.39. The number of hydrogen-bond donors (Lipinski definition) is 2. The summed E-state index contributed by atoms with van der Waals surface area (Å²) in [5.41, 5.74) is 5.95. The van der Waals surface area contributed by atoms with Gasteiger partial charge in [0.05, 0.1) is 10.6 Å². The van der Waals surface area contributed by atoms with E-state index in [1.54, 1.807) is 24.3 Å². The van der Waals surface area contributed by atoms with Gasteiger partial charge in [0.15, 0.2) is 0 Å². The smallest absolute Gasteiger partial charge is 0.252 e. The molecule has 0 heterocycles. The fourth-order valence-corrected chi connectivity index (χ4v) is 1.31. The first-order valence-electron chi connectivity index (χ1n) is 4.88. The van der Waals surface area contributed by atoms with Gasteiger partial charge in [-0.05, 0) is 24.6 Å². The molecule has 0 saturated carbocycles. The van der Waals surface area contributed by atoms with Crippen molar-refractivity contribution in [2.45, 2.75) is 6.92 Å². The number of nitrogens with one attached hydrogen (secondary N) is 1. The average Bonchev–Trinajstić information content (AvgIpc) is 2.26. The van der Waals surface area contributed by atoms with E-state index in [-0.39, 0.29) is 24.2 Å². The molecule has 1 aromatic rings. The molecule has 0 spiro atoms. The van der Waals surface area contributed by atoms with Crippen molar-refractivity contribution in [3.8, 4) is 0 Å². The van der Waals surface area contributed by atoms with Crippen molar-refractivity contribution in [1.82, 2.24) is 5.32 Å². The molecule has 3 nitrogen and oxygen atoms in total. The Balaban J connectivity index is 0.00000225. The molecule has 1 rings (SSSR count). The lowest BCUT2D eigenvalue weighted by Crippen LogP contribution is -2.31. The highest BCUT2D eigenvalue weighted by atomic mass is 35.5. The summed E-state index contributed by atoms with van der Waals surface area (Å²) in [6, 6.07) is 6.97. The summed E-state index contributed by atoms with van der Waals surface area (Å²) in [5.74, 6) is 0.123. The largest absolute Gasteiger partial charge is 0.352 e. The van der Waals surface area contributed by atoms with Crippen molar-refractivity contribution in [3.05, 3.63) is 34.9 Å². The lowest BCUT2D eigenvalue weighted by molar-refractivity contribution is 0.0948. The highest BCUT2D eigenvalue weighted by Gasteiger charge is 2.09. The molecule has 0 aliphatic heterocycles. The summed E-state index contributed by atoms with van der Waals surface area (Å²) in [5, 5.41) is 3.26. The van der Waals surface area contributed by atoms with Gasteiger partial charge in [-0.2, -0.15) is 0 Å². The van der Waals surface area contributed by atoms with Crippen LogP contribution in [0.25, 0.3) is 0 Å². The minimum atomic E-state index is -0.152. The fourth-order valence-electron chi connectivity index (χ4n) is 1.09. The quantitative estimate of drug-likeness (QED) is 0.873. The zero-order chi connectivity index (χ0) is 11.3. The Morgan fingerprint density at radius 1 is 1.50 bits per heavy atom. The number of rotatable bonds is 4. The van der Waals surface area contributed by atoms with Crippen LogP contribution in [0.15, 0.2) is 24.3 Å². The molecule has 1 amide bonds. The minimum Gasteiger partial charge on any atom is -0.352 e. The van der Waals surface area contributed by atoms with Crippen LogP contribution < -0.4 is 11.1 Å². The van der Waals surface area contributed by atoms with Gasteiger partial charge in [-0.1, -0.05) is 30.7 Å². The lowest BCUT2D eigenvalue weighted by atomic mass is 10.1. The third-order valence-electron chi connectivity index (χ3n) is 2.13. The fraction of sp³-hybridized carbons (Fsp3) is 0.364. The zero-order valence-electron chi connectivity index (χ0n) is 9.07. The van der Waals surface area contributed by atoms with Crippen LogP contribution in [0.5, 0.6) is 0 Å². The molecule has 1 aromatic carbocycles. The molecule has 90 valence electrons. The summed E-state index contributed by atoms with van der Waals surface area (Å²) in [6.07, 6.45) is 0. The monoisotopic (exact) mass is 262 g/mol. The number of amides is 1. The van der Waals surface area contributed by atoms with Crippen molar-refractivity contribution in [1.29, 1.82) is 0 Å². The van der Waals surface area contributed by atoms with E-state index in [9.17, 15) is 4.79 Å². The standard InChI is InChI=1S/C11H15ClN2O.ClH/c1-8(6-13)7-14-11(15)9-4-2-3-5-10(9)12;/h2-5,8H,6-7,13H2,1H3,(H,14,15);1H. The SMILES string of the molecule is CC(CN)CNC(=O)c1ccccc1Cl.Cl. The molecule has 0 bridgehead atoms. The maximum absolute atomic E-state index is 11.6. The summed E-state index contributed by atoms with van der Waals surface area (Å²) in [7, 11) is 0. The molecule has 0 saturated heterocycles. The van der Waals surface area contributed by atoms with Crippen molar-refractivity contribution < 1.29 is 4.79 Å². The number of halogens is 2. The molecule has 5 heteroatoms. The van der Waals surface area contributed by atoms with Gasteiger partial charge in [-0.3, -0.25) is 4.79 Å². The van der Waals surface area contributed by atoms with Crippen LogP contribution in [0.3, 0.4) is 0 Å². The van der Waals surface area contributed by atoms with Crippen LogP contribution in [0, 0.1) is 5.92 Å². The lowest BCUT2D eigenvalue weighted by Gasteiger charge is -2.10. The van der Waals surface area contributed by atoms with E-state index in [2.05, 4.69) is 5.32 Å². The van der Waals surface area contributed by atoms with E-state index in [4.69, 9.17) is 17.3 Å². The second-order valence-electron chi connectivity index (χ2n) is 3.53. The van der Waals surface area contributed by atoms with Crippen LogP contribution >= 0.6 is 24.0 Å². The highest BCUT2D eigenvalue weighted by molar-refractivity contribution is 6.33. The first kappa shape index (κ1) is 15.2. The number of benzene rings is 1. The van der Waals surface area contributed by atoms with Gasteiger partial charge in [0.2, 0.25) is 0 Å². The van der Waals surface area contributed by atoms with Gasteiger partial charge in [0, 0.05) is 6.54 Å². The average molecular weight is 263 g/mol. The number of carbonyl (C=O) groups excluding carboxylic acids is 1. The van der Waals surface area contributed by atoms with Crippen molar-refractivity contribution in [2.24, 2.45) is 11.7 Å². The molecule has 0 radical (unpaired) electrons. The molecule has 0 aromatic heterocycles. The van der Waals surface area contributed by atoms with Crippen LogP contribution in [-0.4, -0.2) is 19.0 Å². The van der Waals surface area contributed by atoms with Crippen molar-refractivity contribution in [2.75, 3.05) is 13.1 Å². The predicted molar refractivity (Wildman–Crippen MR) is 69.3 cm³/mol. The Hall–Kier alpha value is -0.770. The third-order valence-corrected chi connectivity index (χ3v) is 2.46.